The maximum Gasteiger partial charge on any atom is 0.274 e. The SMILES string of the molecule is CC(C)Oc1cccc2c1c(NC(=O)c1ccn[nH]1)nn2-c1ccc(F)cc1. The number of carbonyl (C=O) groups excluding carboxylic acids is 1. The summed E-state index contributed by atoms with van der Waals surface area (Å²) in [7, 11) is 0. The molecule has 0 bridgehead atoms. The lowest BCUT2D eigenvalue weighted by Crippen LogP contribution is -2.13. The molecule has 2 aromatic carbocycles. The molecule has 2 heterocycles. The van der Waals surface area contributed by atoms with Crippen LogP contribution in [0.15, 0.2) is 54.7 Å². The minimum atomic E-state index is -0.373. The Morgan fingerprint density at radius 1 is 1.18 bits per heavy atom. The first kappa shape index (κ1) is 17.7. The maximum atomic E-state index is 13.3. The molecule has 0 spiro atoms. The van der Waals surface area contributed by atoms with Crippen LogP contribution in [0, 0.1) is 5.82 Å². The number of rotatable bonds is 5. The third-order valence-corrected chi connectivity index (χ3v) is 4.08. The first-order chi connectivity index (χ1) is 13.5. The summed E-state index contributed by atoms with van der Waals surface area (Å²) in [6.45, 7) is 3.85. The molecule has 0 aliphatic rings. The van der Waals surface area contributed by atoms with Crippen molar-refractivity contribution in [2.45, 2.75) is 20.0 Å². The number of aromatic amines is 1. The number of halogens is 1. The summed E-state index contributed by atoms with van der Waals surface area (Å²) < 4.78 is 20.9. The van der Waals surface area contributed by atoms with Crippen molar-refractivity contribution in [2.24, 2.45) is 0 Å². The van der Waals surface area contributed by atoms with Crippen LogP contribution in [0.1, 0.15) is 24.3 Å². The van der Waals surface area contributed by atoms with Crippen LogP contribution in [0.3, 0.4) is 0 Å². The Labute approximate surface area is 160 Å². The quantitative estimate of drug-likeness (QED) is 0.550. The Morgan fingerprint density at radius 3 is 2.64 bits per heavy atom. The Morgan fingerprint density at radius 2 is 1.96 bits per heavy atom. The number of benzene rings is 2. The van der Waals surface area contributed by atoms with Crippen LogP contribution in [-0.2, 0) is 0 Å². The zero-order valence-corrected chi connectivity index (χ0v) is 15.3. The van der Waals surface area contributed by atoms with Gasteiger partial charge in [-0.1, -0.05) is 6.07 Å². The highest BCUT2D eigenvalue weighted by Crippen LogP contribution is 2.34. The zero-order chi connectivity index (χ0) is 19.7. The number of fused-ring (bicyclic) bond motifs is 1. The van der Waals surface area contributed by atoms with E-state index in [1.807, 2.05) is 32.0 Å². The highest BCUT2D eigenvalue weighted by molar-refractivity contribution is 6.08. The molecule has 0 fully saturated rings. The van der Waals surface area contributed by atoms with Crippen LogP contribution in [-0.4, -0.2) is 32.0 Å². The fourth-order valence-electron chi connectivity index (χ4n) is 2.91. The summed E-state index contributed by atoms with van der Waals surface area (Å²) in [6, 6.07) is 13.1. The second-order valence-corrected chi connectivity index (χ2v) is 6.48. The van der Waals surface area contributed by atoms with E-state index in [9.17, 15) is 9.18 Å². The lowest BCUT2D eigenvalue weighted by molar-refractivity contribution is 0.102. The van der Waals surface area contributed by atoms with Gasteiger partial charge >= 0.3 is 0 Å². The molecule has 0 radical (unpaired) electrons. The van der Waals surface area contributed by atoms with Crippen LogP contribution in [0.25, 0.3) is 16.6 Å². The number of nitrogens with one attached hydrogen (secondary N) is 2. The molecule has 0 unspecified atom stereocenters. The van der Waals surface area contributed by atoms with Crippen LogP contribution >= 0.6 is 0 Å². The van der Waals surface area contributed by atoms with Gasteiger partial charge in [0.2, 0.25) is 0 Å². The second-order valence-electron chi connectivity index (χ2n) is 6.48. The number of amides is 1. The fraction of sp³-hybridized carbons (Fsp3) is 0.150. The van der Waals surface area contributed by atoms with Crippen molar-refractivity contribution in [3.63, 3.8) is 0 Å². The number of aromatic nitrogens is 4. The number of hydrogen-bond acceptors (Lipinski definition) is 4. The van der Waals surface area contributed by atoms with E-state index in [1.54, 1.807) is 22.9 Å². The average Bonchev–Trinajstić information content (AvgIpc) is 3.31. The van der Waals surface area contributed by atoms with Crippen LogP contribution in [0.2, 0.25) is 0 Å². The number of hydrogen-bond donors (Lipinski definition) is 2. The Bertz CT molecular complexity index is 1120. The van der Waals surface area contributed by atoms with Crippen LogP contribution in [0.4, 0.5) is 10.2 Å². The van der Waals surface area contributed by atoms with Crippen molar-refractivity contribution in [2.75, 3.05) is 5.32 Å². The predicted molar refractivity (Wildman–Crippen MR) is 103 cm³/mol. The molecule has 1 amide bonds. The molecular weight excluding hydrogens is 361 g/mol. The van der Waals surface area contributed by atoms with E-state index < -0.39 is 0 Å². The molecule has 0 aliphatic heterocycles. The van der Waals surface area contributed by atoms with Gasteiger partial charge in [-0.3, -0.25) is 9.89 Å². The standard InChI is InChI=1S/C20H18FN5O2/c1-12(2)28-17-5-3-4-16-18(17)19(23-20(27)15-10-11-22-24-15)25-26(16)14-8-6-13(21)7-9-14/h3-12H,1-2H3,(H,22,24)(H,23,25,27). The third-order valence-electron chi connectivity index (χ3n) is 4.08. The van der Waals surface area contributed by atoms with Gasteiger partial charge in [0.15, 0.2) is 5.82 Å². The van der Waals surface area contributed by atoms with Crippen molar-refractivity contribution in [1.82, 2.24) is 20.0 Å². The summed E-state index contributed by atoms with van der Waals surface area (Å²) in [6.07, 6.45) is 1.44. The summed E-state index contributed by atoms with van der Waals surface area (Å²) in [5, 5.41) is 14.4. The average molecular weight is 379 g/mol. The van der Waals surface area contributed by atoms with E-state index in [0.717, 1.165) is 5.52 Å². The summed E-state index contributed by atoms with van der Waals surface area (Å²) in [4.78, 5) is 12.5. The zero-order valence-electron chi connectivity index (χ0n) is 15.3. The van der Waals surface area contributed by atoms with E-state index >= 15 is 0 Å². The first-order valence-corrected chi connectivity index (χ1v) is 8.78. The van der Waals surface area contributed by atoms with Crippen molar-refractivity contribution < 1.29 is 13.9 Å². The molecule has 7 nitrogen and oxygen atoms in total. The number of anilines is 1. The molecule has 2 aromatic heterocycles. The molecule has 28 heavy (non-hydrogen) atoms. The molecule has 0 atom stereocenters. The molecule has 0 saturated carbocycles. The van der Waals surface area contributed by atoms with Crippen molar-refractivity contribution in [3.8, 4) is 11.4 Å². The first-order valence-electron chi connectivity index (χ1n) is 8.78. The molecule has 4 rings (SSSR count). The van der Waals surface area contributed by atoms with E-state index in [2.05, 4.69) is 20.6 Å². The largest absolute Gasteiger partial charge is 0.490 e. The van der Waals surface area contributed by atoms with Crippen molar-refractivity contribution >= 4 is 22.6 Å². The van der Waals surface area contributed by atoms with Crippen molar-refractivity contribution in [3.05, 3.63) is 66.2 Å². The molecule has 0 aliphatic carbocycles. The van der Waals surface area contributed by atoms with Crippen molar-refractivity contribution in [1.29, 1.82) is 0 Å². The number of ether oxygens (including phenoxy) is 1. The summed E-state index contributed by atoms with van der Waals surface area (Å²) in [5.41, 5.74) is 1.70. The smallest absolute Gasteiger partial charge is 0.274 e. The van der Waals surface area contributed by atoms with Gasteiger partial charge in [-0.05, 0) is 56.3 Å². The highest BCUT2D eigenvalue weighted by atomic mass is 19.1. The summed E-state index contributed by atoms with van der Waals surface area (Å²) in [5.74, 6) is 0.232. The molecule has 2 N–H and O–H groups in total. The Hall–Kier alpha value is -3.68. The molecule has 0 saturated heterocycles. The lowest BCUT2D eigenvalue weighted by atomic mass is 10.2. The Balaban J connectivity index is 1.86. The van der Waals surface area contributed by atoms with Gasteiger partial charge in [-0.25, -0.2) is 9.07 Å². The topological polar surface area (TPSA) is 84.8 Å². The lowest BCUT2D eigenvalue weighted by Gasteiger charge is -2.11. The predicted octanol–water partition coefficient (Wildman–Crippen LogP) is 3.93. The van der Waals surface area contributed by atoms with Gasteiger partial charge in [-0.15, -0.1) is 5.10 Å². The molecule has 142 valence electrons. The van der Waals surface area contributed by atoms with E-state index in [-0.39, 0.29) is 17.8 Å². The summed E-state index contributed by atoms with van der Waals surface area (Å²) >= 11 is 0. The molecule has 8 heteroatoms. The maximum absolute atomic E-state index is 13.3. The fourth-order valence-corrected chi connectivity index (χ4v) is 2.91. The van der Waals surface area contributed by atoms with Gasteiger partial charge in [0.1, 0.15) is 17.3 Å². The number of H-pyrrole nitrogens is 1. The second kappa shape index (κ2) is 7.15. The van der Waals surface area contributed by atoms with Crippen LogP contribution in [0.5, 0.6) is 5.75 Å². The highest BCUT2D eigenvalue weighted by Gasteiger charge is 2.19. The van der Waals surface area contributed by atoms with Gasteiger partial charge in [0.25, 0.3) is 5.91 Å². The Kier molecular flexibility index (Phi) is 4.52. The van der Waals surface area contributed by atoms with Gasteiger partial charge in [0, 0.05) is 6.20 Å². The molecule has 4 aromatic rings. The monoisotopic (exact) mass is 379 g/mol. The number of nitrogens with zero attached hydrogens (tertiary/aromatic N) is 3. The minimum Gasteiger partial charge on any atom is -0.490 e. The van der Waals surface area contributed by atoms with Crippen LogP contribution < -0.4 is 10.1 Å². The van der Waals surface area contributed by atoms with Gasteiger partial charge < -0.3 is 10.1 Å². The molecular formula is C20H18FN5O2. The van der Waals surface area contributed by atoms with Gasteiger partial charge in [-0.2, -0.15) is 5.10 Å². The van der Waals surface area contributed by atoms with Gasteiger partial charge in [0.05, 0.1) is 22.7 Å². The number of carbonyl (C=O) groups is 1. The van der Waals surface area contributed by atoms with E-state index in [4.69, 9.17) is 4.74 Å². The minimum absolute atomic E-state index is 0.0593. The van der Waals surface area contributed by atoms with E-state index in [0.29, 0.717) is 28.3 Å². The third kappa shape index (κ3) is 3.32. The van der Waals surface area contributed by atoms with E-state index in [1.165, 1.54) is 18.3 Å². The normalized spacial score (nSPS) is 11.1.